The molecule has 220 valence electrons. The molecule has 9 heteroatoms. The lowest BCUT2D eigenvalue weighted by Gasteiger charge is -2.29. The second kappa shape index (κ2) is 15.0. The molecule has 0 unspecified atom stereocenters. The van der Waals surface area contributed by atoms with E-state index in [9.17, 15) is 19.2 Å². The predicted octanol–water partition coefficient (Wildman–Crippen LogP) is 4.83. The Balaban J connectivity index is 2.41. The molecule has 0 fully saturated rings. The summed E-state index contributed by atoms with van der Waals surface area (Å²) in [5.74, 6) is -1.17. The van der Waals surface area contributed by atoms with E-state index in [2.05, 4.69) is 17.2 Å². The van der Waals surface area contributed by atoms with Gasteiger partial charge >= 0.3 is 5.97 Å². The van der Waals surface area contributed by atoms with Crippen molar-refractivity contribution < 1.29 is 28.7 Å². The van der Waals surface area contributed by atoms with Crippen LogP contribution >= 0.6 is 11.6 Å². The summed E-state index contributed by atoms with van der Waals surface area (Å²) in [5.41, 5.74) is -0.397. The molecule has 1 aromatic rings. The second-order valence-electron chi connectivity index (χ2n) is 11.5. The van der Waals surface area contributed by atoms with Gasteiger partial charge in [0.15, 0.2) is 11.9 Å². The third kappa shape index (κ3) is 9.81. The predicted molar refractivity (Wildman–Crippen MR) is 156 cm³/mol. The molecule has 0 aromatic heterocycles. The Hall–Kier alpha value is -3.13. The highest BCUT2D eigenvalue weighted by atomic mass is 35.5. The van der Waals surface area contributed by atoms with Gasteiger partial charge in [0.25, 0.3) is 0 Å². The molecule has 0 spiro atoms. The molecular formula is C31H43ClN2O6. The number of benzene rings is 1. The van der Waals surface area contributed by atoms with E-state index in [1.165, 1.54) is 13.2 Å². The summed E-state index contributed by atoms with van der Waals surface area (Å²) in [6, 6.07) is 4.22. The molecule has 4 atom stereocenters. The lowest BCUT2D eigenvalue weighted by molar-refractivity contribution is -0.165. The number of esters is 1. The zero-order valence-corrected chi connectivity index (χ0v) is 25.2. The van der Waals surface area contributed by atoms with E-state index in [1.54, 1.807) is 44.2 Å². The lowest BCUT2D eigenvalue weighted by atomic mass is 9.84. The van der Waals surface area contributed by atoms with Crippen molar-refractivity contribution in [3.8, 4) is 5.75 Å². The number of ether oxygens (including phenoxy) is 2. The molecule has 1 aromatic carbocycles. The second-order valence-corrected chi connectivity index (χ2v) is 11.9. The Kier molecular flexibility index (Phi) is 12.4. The number of hydrogen-bond donors (Lipinski definition) is 2. The molecular weight excluding hydrogens is 532 g/mol. The largest absolute Gasteiger partial charge is 0.495 e. The van der Waals surface area contributed by atoms with Crippen molar-refractivity contribution in [2.75, 3.05) is 13.7 Å². The number of cyclic esters (lactones) is 1. The number of rotatable bonds is 7. The molecule has 2 amide bonds. The van der Waals surface area contributed by atoms with Crippen molar-refractivity contribution in [1.29, 1.82) is 0 Å². The third-order valence-electron chi connectivity index (χ3n) is 7.13. The van der Waals surface area contributed by atoms with E-state index in [0.29, 0.717) is 23.6 Å². The number of ketones is 1. The maximum Gasteiger partial charge on any atom is 0.314 e. The summed E-state index contributed by atoms with van der Waals surface area (Å²) < 4.78 is 11.0. The quantitative estimate of drug-likeness (QED) is 0.356. The van der Waals surface area contributed by atoms with Gasteiger partial charge in [-0.15, -0.1) is 6.58 Å². The summed E-state index contributed by atoms with van der Waals surface area (Å²) in [4.78, 5) is 52.7. The molecule has 40 heavy (non-hydrogen) atoms. The van der Waals surface area contributed by atoms with E-state index < -0.39 is 35.3 Å². The average Bonchev–Trinajstić information content (AvgIpc) is 2.89. The molecule has 0 bridgehead atoms. The zero-order chi connectivity index (χ0) is 30.0. The Labute approximate surface area is 242 Å². The van der Waals surface area contributed by atoms with Gasteiger partial charge in [-0.3, -0.25) is 19.2 Å². The van der Waals surface area contributed by atoms with Gasteiger partial charge in [0.1, 0.15) is 11.8 Å². The van der Waals surface area contributed by atoms with E-state index in [-0.39, 0.29) is 42.9 Å². The highest BCUT2D eigenvalue weighted by Crippen LogP contribution is 2.27. The van der Waals surface area contributed by atoms with E-state index in [0.717, 1.165) is 5.56 Å². The van der Waals surface area contributed by atoms with Crippen molar-refractivity contribution in [3.05, 3.63) is 53.6 Å². The summed E-state index contributed by atoms with van der Waals surface area (Å²) in [5, 5.41) is 5.93. The minimum absolute atomic E-state index is 0.0132. The van der Waals surface area contributed by atoms with Crippen LogP contribution in [0.1, 0.15) is 59.4 Å². The third-order valence-corrected chi connectivity index (χ3v) is 7.42. The van der Waals surface area contributed by atoms with Crippen molar-refractivity contribution in [1.82, 2.24) is 10.6 Å². The molecule has 8 nitrogen and oxygen atoms in total. The highest BCUT2D eigenvalue weighted by molar-refractivity contribution is 6.32. The molecule has 2 rings (SSSR count). The number of hydrogen-bond acceptors (Lipinski definition) is 6. The normalized spacial score (nSPS) is 23.6. The van der Waals surface area contributed by atoms with Crippen LogP contribution in [0.4, 0.5) is 0 Å². The topological polar surface area (TPSA) is 111 Å². The lowest BCUT2D eigenvalue weighted by Crippen LogP contribution is -2.51. The molecule has 1 heterocycles. The SMILES string of the molecule is C=C[C@@H](C)[C@@H]1CC=CC(=O)N[C@H](Cc2ccc(OC)c(Cl)c2)C(=O)NCC(C)(C)C(=O)O[C@@H](CC(C)C)C(=O)C1. The van der Waals surface area contributed by atoms with Gasteiger partial charge in [-0.05, 0) is 68.2 Å². The number of Topliss-reactive ketones (excluding diaryl/α,β-unsaturated/α-hetero) is 1. The van der Waals surface area contributed by atoms with Gasteiger partial charge in [0, 0.05) is 19.4 Å². The van der Waals surface area contributed by atoms with Crippen LogP contribution in [-0.2, 0) is 30.3 Å². The van der Waals surface area contributed by atoms with Crippen LogP contribution in [0.25, 0.3) is 0 Å². The molecule has 1 aliphatic heterocycles. The minimum atomic E-state index is -1.12. The summed E-state index contributed by atoms with van der Waals surface area (Å²) in [7, 11) is 1.51. The van der Waals surface area contributed by atoms with E-state index >= 15 is 0 Å². The van der Waals surface area contributed by atoms with Crippen LogP contribution in [-0.4, -0.2) is 49.4 Å². The van der Waals surface area contributed by atoms with Gasteiger partial charge in [0.05, 0.1) is 17.5 Å². The molecule has 0 saturated heterocycles. The average molecular weight is 575 g/mol. The number of amides is 2. The first-order valence-electron chi connectivity index (χ1n) is 13.7. The Bertz CT molecular complexity index is 1110. The van der Waals surface area contributed by atoms with E-state index in [1.807, 2.05) is 20.8 Å². The maximum absolute atomic E-state index is 13.3. The molecule has 0 aliphatic carbocycles. The molecule has 1 aliphatic rings. The van der Waals surface area contributed by atoms with Crippen LogP contribution in [0, 0.1) is 23.2 Å². The molecule has 0 saturated carbocycles. The first kappa shape index (κ1) is 33.1. The fraction of sp³-hybridized carbons (Fsp3) is 0.548. The van der Waals surface area contributed by atoms with Crippen molar-refractivity contribution in [3.63, 3.8) is 0 Å². The minimum Gasteiger partial charge on any atom is -0.495 e. The summed E-state index contributed by atoms with van der Waals surface area (Å²) in [6.07, 6.45) is 5.15. The van der Waals surface area contributed by atoms with Gasteiger partial charge < -0.3 is 20.1 Å². The number of carbonyl (C=O) groups excluding carboxylic acids is 4. The number of nitrogens with one attached hydrogen (secondary N) is 2. The van der Waals surface area contributed by atoms with Crippen molar-refractivity contribution in [2.24, 2.45) is 23.2 Å². The van der Waals surface area contributed by atoms with Crippen LogP contribution in [0.15, 0.2) is 43.0 Å². The number of carbonyl (C=O) groups is 4. The standard InChI is InChI=1S/C31H43ClN2O6/c1-8-20(4)22-10-9-11-28(36)34-24(16-21-12-13-26(39-7)23(32)15-21)29(37)33-18-31(5,6)30(38)40-27(14-19(2)3)25(35)17-22/h8-9,11-13,15,19-20,22,24,27H,1,10,14,16-18H2,2-7H3,(H,33,37)(H,34,36)/t20-,22-,24-,27+/m1/s1. The van der Waals surface area contributed by atoms with E-state index in [4.69, 9.17) is 21.1 Å². The number of halogens is 1. The monoisotopic (exact) mass is 574 g/mol. The van der Waals surface area contributed by atoms with Gasteiger partial charge in [-0.25, -0.2) is 0 Å². The fourth-order valence-corrected chi connectivity index (χ4v) is 4.66. The first-order chi connectivity index (χ1) is 18.8. The van der Waals surface area contributed by atoms with Gasteiger partial charge in [-0.2, -0.15) is 0 Å². The van der Waals surface area contributed by atoms with Crippen LogP contribution in [0.3, 0.4) is 0 Å². The first-order valence-corrected chi connectivity index (χ1v) is 14.1. The smallest absolute Gasteiger partial charge is 0.314 e. The van der Waals surface area contributed by atoms with Crippen LogP contribution in [0.5, 0.6) is 5.75 Å². The zero-order valence-electron chi connectivity index (χ0n) is 24.4. The van der Waals surface area contributed by atoms with Crippen LogP contribution < -0.4 is 15.4 Å². The Morgan fingerprint density at radius 3 is 2.50 bits per heavy atom. The summed E-state index contributed by atoms with van der Waals surface area (Å²) in [6.45, 7) is 13.0. The van der Waals surface area contributed by atoms with Gasteiger partial charge in [0.2, 0.25) is 11.8 Å². The molecule has 0 radical (unpaired) electrons. The summed E-state index contributed by atoms with van der Waals surface area (Å²) >= 11 is 6.27. The number of allylic oxidation sites excluding steroid dienone is 2. The van der Waals surface area contributed by atoms with Crippen molar-refractivity contribution in [2.45, 2.75) is 72.4 Å². The Morgan fingerprint density at radius 2 is 1.90 bits per heavy atom. The van der Waals surface area contributed by atoms with Gasteiger partial charge in [-0.1, -0.05) is 50.6 Å². The highest BCUT2D eigenvalue weighted by Gasteiger charge is 2.36. The number of methoxy groups -OCH3 is 1. The molecule has 2 N–H and O–H groups in total. The maximum atomic E-state index is 13.3. The fourth-order valence-electron chi connectivity index (χ4n) is 4.38. The van der Waals surface area contributed by atoms with Crippen LogP contribution in [0.2, 0.25) is 5.02 Å². The Morgan fingerprint density at radius 1 is 1.20 bits per heavy atom. The van der Waals surface area contributed by atoms with Crippen molar-refractivity contribution >= 4 is 35.2 Å².